The summed E-state index contributed by atoms with van der Waals surface area (Å²) >= 11 is 0. The van der Waals surface area contributed by atoms with Crippen LogP contribution in [-0.2, 0) is 25.6 Å². The summed E-state index contributed by atoms with van der Waals surface area (Å²) in [6, 6.07) is 5.72. The van der Waals surface area contributed by atoms with Crippen molar-refractivity contribution < 1.29 is 19.2 Å². The highest BCUT2D eigenvalue weighted by molar-refractivity contribution is 5.94. The van der Waals surface area contributed by atoms with E-state index in [1.54, 1.807) is 0 Å². The predicted molar refractivity (Wildman–Crippen MR) is 145 cm³/mol. The Morgan fingerprint density at radius 3 is 1.95 bits per heavy atom. The fourth-order valence-electron chi connectivity index (χ4n) is 3.83. The Kier molecular flexibility index (Phi) is 14.5. The van der Waals surface area contributed by atoms with Crippen molar-refractivity contribution in [3.8, 4) is 0 Å². The maximum Gasteiger partial charge on any atom is 0.243 e. The third-order valence-corrected chi connectivity index (χ3v) is 6.88. The number of carbonyl (C=O) groups is 4. The van der Waals surface area contributed by atoms with Crippen molar-refractivity contribution in [2.24, 2.45) is 29.0 Å². The fraction of sp³-hybridized carbons (Fsp3) is 0.630. The Morgan fingerprint density at radius 2 is 1.41 bits per heavy atom. The van der Waals surface area contributed by atoms with Gasteiger partial charge in [0.25, 0.3) is 0 Å². The fourth-order valence-corrected chi connectivity index (χ4v) is 3.83. The number of nitrogens with one attached hydrogen (secondary N) is 3. The van der Waals surface area contributed by atoms with Crippen LogP contribution in [0.4, 0.5) is 0 Å². The lowest BCUT2D eigenvalue weighted by molar-refractivity contribution is -0.134. The van der Waals surface area contributed by atoms with Crippen molar-refractivity contribution in [3.63, 3.8) is 0 Å². The third-order valence-electron chi connectivity index (χ3n) is 6.88. The summed E-state index contributed by atoms with van der Waals surface area (Å²) in [4.78, 5) is 51.5. The van der Waals surface area contributed by atoms with Crippen LogP contribution in [-0.4, -0.2) is 54.3 Å². The smallest absolute Gasteiger partial charge is 0.243 e. The first-order chi connectivity index (χ1) is 17.5. The number of hydrogen-bond donors (Lipinski definition) is 6. The maximum atomic E-state index is 13.4. The molecule has 1 aromatic rings. The molecular weight excluding hydrogens is 472 g/mol. The molecule has 0 unspecified atom stereocenters. The van der Waals surface area contributed by atoms with E-state index in [9.17, 15) is 19.2 Å². The van der Waals surface area contributed by atoms with E-state index in [1.165, 1.54) is 0 Å². The first-order valence-corrected chi connectivity index (χ1v) is 13.3. The number of nitrogens with two attached hydrogens (primary N) is 3. The number of unbranched alkanes of at least 4 members (excludes halogenated alkanes) is 1. The molecule has 1 aromatic carbocycles. The standard InChI is InChI=1S/C27H46N6O4/c1-5-17(3)22(29)26(36)33-23(18(4)6-2)27(37)32-21(16-19-12-8-7-9-13-19)25(35)31-20(24(30)34)14-10-11-15-28/h7-9,12-13,17-18,20-23H,5-6,10-11,14-16,28-29H2,1-4H3,(H2,30,34)(H,31,35)(H,32,37)(H,33,36)/t17-,18-,20-,21-,22-,23-/m0/s1. The monoisotopic (exact) mass is 518 g/mol. The van der Waals surface area contributed by atoms with Crippen LogP contribution in [0.15, 0.2) is 30.3 Å². The highest BCUT2D eigenvalue weighted by atomic mass is 16.2. The second kappa shape index (κ2) is 16.7. The number of amides is 4. The number of hydrogen-bond acceptors (Lipinski definition) is 6. The van der Waals surface area contributed by atoms with Gasteiger partial charge in [-0.2, -0.15) is 0 Å². The molecule has 9 N–H and O–H groups in total. The summed E-state index contributed by atoms with van der Waals surface area (Å²) < 4.78 is 0. The van der Waals surface area contributed by atoms with Gasteiger partial charge in [-0.15, -0.1) is 0 Å². The largest absolute Gasteiger partial charge is 0.368 e. The van der Waals surface area contributed by atoms with E-state index in [2.05, 4.69) is 16.0 Å². The van der Waals surface area contributed by atoms with Gasteiger partial charge in [-0.25, -0.2) is 0 Å². The Hall–Kier alpha value is -2.98. The minimum Gasteiger partial charge on any atom is -0.368 e. The molecule has 0 heterocycles. The highest BCUT2D eigenvalue weighted by Gasteiger charge is 2.33. The molecule has 0 aliphatic carbocycles. The number of carbonyl (C=O) groups excluding carboxylic acids is 4. The minimum absolute atomic E-state index is 0.0535. The van der Waals surface area contributed by atoms with Crippen LogP contribution in [0.5, 0.6) is 0 Å². The Morgan fingerprint density at radius 1 is 0.811 bits per heavy atom. The van der Waals surface area contributed by atoms with E-state index >= 15 is 0 Å². The summed E-state index contributed by atoms with van der Waals surface area (Å²) in [6.07, 6.45) is 3.21. The molecule has 1 rings (SSSR count). The molecule has 0 aromatic heterocycles. The second-order valence-electron chi connectivity index (χ2n) is 9.78. The molecule has 0 fully saturated rings. The van der Waals surface area contributed by atoms with E-state index in [0.29, 0.717) is 32.2 Å². The zero-order chi connectivity index (χ0) is 28.0. The SMILES string of the molecule is CC[C@H](C)[C@H](N)C(=O)N[C@H](C(=O)N[C@@H](Cc1ccccc1)C(=O)N[C@@H](CCCCN)C(N)=O)[C@@H](C)CC. The Bertz CT molecular complexity index is 866. The van der Waals surface area contributed by atoms with Crippen LogP contribution >= 0.6 is 0 Å². The van der Waals surface area contributed by atoms with Gasteiger partial charge in [0, 0.05) is 6.42 Å². The Labute approximate surface area is 220 Å². The number of benzene rings is 1. The van der Waals surface area contributed by atoms with Gasteiger partial charge in [0.05, 0.1) is 6.04 Å². The molecule has 0 saturated carbocycles. The van der Waals surface area contributed by atoms with E-state index in [-0.39, 0.29) is 18.3 Å². The number of rotatable bonds is 17. The zero-order valence-corrected chi connectivity index (χ0v) is 22.7. The molecule has 0 radical (unpaired) electrons. The quantitative estimate of drug-likeness (QED) is 0.165. The van der Waals surface area contributed by atoms with Gasteiger partial charge in [0.2, 0.25) is 23.6 Å². The average Bonchev–Trinajstić information content (AvgIpc) is 2.89. The van der Waals surface area contributed by atoms with Gasteiger partial charge in [0.15, 0.2) is 0 Å². The minimum atomic E-state index is -0.988. The lowest BCUT2D eigenvalue weighted by atomic mass is 9.95. The van der Waals surface area contributed by atoms with Crippen LogP contribution < -0.4 is 33.2 Å². The van der Waals surface area contributed by atoms with Gasteiger partial charge in [0.1, 0.15) is 18.1 Å². The third kappa shape index (κ3) is 10.9. The van der Waals surface area contributed by atoms with Crippen molar-refractivity contribution >= 4 is 23.6 Å². The molecule has 10 nitrogen and oxygen atoms in total. The molecule has 0 saturated heterocycles. The van der Waals surface area contributed by atoms with Crippen molar-refractivity contribution in [1.29, 1.82) is 0 Å². The number of primary amides is 1. The molecule has 10 heteroatoms. The van der Waals surface area contributed by atoms with Crippen LogP contribution in [0.3, 0.4) is 0 Å². The molecule has 6 atom stereocenters. The van der Waals surface area contributed by atoms with E-state index < -0.39 is 47.8 Å². The highest BCUT2D eigenvalue weighted by Crippen LogP contribution is 2.12. The van der Waals surface area contributed by atoms with Gasteiger partial charge in [-0.3, -0.25) is 19.2 Å². The van der Waals surface area contributed by atoms with Crippen LogP contribution in [0.2, 0.25) is 0 Å². The first-order valence-electron chi connectivity index (χ1n) is 13.3. The molecule has 0 bridgehead atoms. The summed E-state index contributed by atoms with van der Waals surface area (Å²) in [6.45, 7) is 8.06. The summed E-state index contributed by atoms with van der Waals surface area (Å²) in [5.41, 5.74) is 18.0. The molecule has 37 heavy (non-hydrogen) atoms. The van der Waals surface area contributed by atoms with Crippen LogP contribution in [0.25, 0.3) is 0 Å². The van der Waals surface area contributed by atoms with Crippen molar-refractivity contribution in [2.45, 2.75) is 90.4 Å². The zero-order valence-electron chi connectivity index (χ0n) is 22.7. The molecule has 208 valence electrons. The van der Waals surface area contributed by atoms with Gasteiger partial charge < -0.3 is 33.2 Å². The topological polar surface area (TPSA) is 182 Å². The van der Waals surface area contributed by atoms with Gasteiger partial charge in [-0.05, 0) is 43.2 Å². The van der Waals surface area contributed by atoms with Gasteiger partial charge >= 0.3 is 0 Å². The Balaban J connectivity index is 3.13. The van der Waals surface area contributed by atoms with Crippen molar-refractivity contribution in [2.75, 3.05) is 6.54 Å². The summed E-state index contributed by atoms with van der Waals surface area (Å²) in [5.74, 6) is -2.34. The van der Waals surface area contributed by atoms with Crippen molar-refractivity contribution in [3.05, 3.63) is 35.9 Å². The first kappa shape index (κ1) is 32.0. The average molecular weight is 519 g/mol. The van der Waals surface area contributed by atoms with Gasteiger partial charge in [-0.1, -0.05) is 70.9 Å². The summed E-state index contributed by atoms with van der Waals surface area (Å²) in [7, 11) is 0. The van der Waals surface area contributed by atoms with Crippen LogP contribution in [0, 0.1) is 11.8 Å². The molecule has 0 aliphatic heterocycles. The van der Waals surface area contributed by atoms with E-state index in [1.807, 2.05) is 58.0 Å². The predicted octanol–water partition coefficient (Wildman–Crippen LogP) is 0.717. The lowest BCUT2D eigenvalue weighted by Crippen LogP contribution is -2.59. The summed E-state index contributed by atoms with van der Waals surface area (Å²) in [5, 5.41) is 8.28. The van der Waals surface area contributed by atoms with Crippen LogP contribution in [0.1, 0.15) is 65.4 Å². The van der Waals surface area contributed by atoms with E-state index in [4.69, 9.17) is 17.2 Å². The normalized spacial score (nSPS) is 15.9. The molecular formula is C27H46N6O4. The van der Waals surface area contributed by atoms with E-state index in [0.717, 1.165) is 12.0 Å². The second-order valence-corrected chi connectivity index (χ2v) is 9.78. The molecule has 0 spiro atoms. The molecule has 4 amide bonds. The molecule has 0 aliphatic rings. The van der Waals surface area contributed by atoms with Crippen molar-refractivity contribution in [1.82, 2.24) is 16.0 Å². The maximum absolute atomic E-state index is 13.4. The lowest BCUT2D eigenvalue weighted by Gasteiger charge is -2.29.